The first-order chi connectivity index (χ1) is 14.7. The Bertz CT molecular complexity index is 1120. The Labute approximate surface area is 171 Å². The van der Waals surface area contributed by atoms with Gasteiger partial charge in [0.15, 0.2) is 0 Å². The second-order valence-electron chi connectivity index (χ2n) is 6.68. The second-order valence-corrected chi connectivity index (χ2v) is 6.68. The van der Waals surface area contributed by atoms with E-state index in [0.29, 0.717) is 24.4 Å². The van der Waals surface area contributed by atoms with Gasteiger partial charge < -0.3 is 10.1 Å². The summed E-state index contributed by atoms with van der Waals surface area (Å²) in [4.78, 5) is 19.5. The Kier molecular flexibility index (Phi) is 5.29. The van der Waals surface area contributed by atoms with Gasteiger partial charge >= 0.3 is 12.8 Å². The minimum Gasteiger partial charge on any atom is -0.417 e. The summed E-state index contributed by atoms with van der Waals surface area (Å²) in [6.45, 7) is -2.62. The maximum absolute atomic E-state index is 12.9. The number of fused-ring (bicyclic) bond motifs is 1. The van der Waals surface area contributed by atoms with E-state index >= 15 is 0 Å². The molecule has 1 aliphatic heterocycles. The van der Waals surface area contributed by atoms with Gasteiger partial charge in [-0.25, -0.2) is 4.98 Å². The summed E-state index contributed by atoms with van der Waals surface area (Å²) in [7, 11) is 0. The highest BCUT2D eigenvalue weighted by molar-refractivity contribution is 5.94. The average Bonchev–Trinajstić information content (AvgIpc) is 3.29. The van der Waals surface area contributed by atoms with Crippen molar-refractivity contribution in [1.82, 2.24) is 25.1 Å². The maximum Gasteiger partial charge on any atom is 0.433 e. The van der Waals surface area contributed by atoms with Gasteiger partial charge in [0.2, 0.25) is 5.88 Å². The molecule has 3 aromatic rings. The zero-order valence-electron chi connectivity index (χ0n) is 15.6. The second kappa shape index (κ2) is 7.93. The van der Waals surface area contributed by atoms with Gasteiger partial charge in [0.05, 0.1) is 17.4 Å². The Morgan fingerprint density at radius 1 is 1.16 bits per heavy atom. The van der Waals surface area contributed by atoms with Crippen molar-refractivity contribution in [3.8, 4) is 17.1 Å². The molecule has 0 spiro atoms. The lowest BCUT2D eigenvalue weighted by molar-refractivity contribution is -0.141. The number of aryl methyl sites for hydroxylation is 1. The van der Waals surface area contributed by atoms with E-state index in [0.717, 1.165) is 18.3 Å². The number of hydrogen-bond acceptors (Lipinski definition) is 5. The number of aromatic nitrogens is 4. The van der Waals surface area contributed by atoms with Crippen LogP contribution in [0.15, 0.2) is 42.7 Å². The zero-order valence-corrected chi connectivity index (χ0v) is 15.6. The van der Waals surface area contributed by atoms with Crippen LogP contribution < -0.4 is 10.1 Å². The van der Waals surface area contributed by atoms with Crippen LogP contribution in [0.1, 0.15) is 34.2 Å². The topological polar surface area (TPSA) is 81.9 Å². The number of hydrogen-bond donors (Lipinski definition) is 1. The zero-order chi connectivity index (χ0) is 22.2. The average molecular weight is 439 g/mol. The number of carbonyl (C=O) groups excluding carboxylic acids is 1. The molecule has 0 unspecified atom stereocenters. The smallest absolute Gasteiger partial charge is 0.417 e. The number of pyridine rings is 2. The monoisotopic (exact) mass is 439 g/mol. The van der Waals surface area contributed by atoms with Crippen LogP contribution in [0.3, 0.4) is 0 Å². The Balaban J connectivity index is 1.52. The molecule has 0 bridgehead atoms. The van der Waals surface area contributed by atoms with E-state index in [4.69, 9.17) is 0 Å². The highest BCUT2D eigenvalue weighted by Gasteiger charge is 2.33. The Hall–Kier alpha value is -3.57. The fourth-order valence-corrected chi connectivity index (χ4v) is 3.27. The van der Waals surface area contributed by atoms with Gasteiger partial charge in [-0.15, -0.1) is 0 Å². The number of ether oxygens (including phenoxy) is 1. The third-order valence-electron chi connectivity index (χ3n) is 4.66. The lowest BCUT2D eigenvalue weighted by Gasteiger charge is -2.12. The molecule has 0 aromatic carbocycles. The molecule has 1 N–H and O–H groups in total. The molecule has 3 aromatic heterocycles. The maximum atomic E-state index is 12.9. The van der Waals surface area contributed by atoms with Crippen LogP contribution in [0.5, 0.6) is 5.88 Å². The summed E-state index contributed by atoms with van der Waals surface area (Å²) >= 11 is 0. The molecule has 1 amide bonds. The number of rotatable bonds is 5. The SMILES string of the molecule is O=C(N[C@H]1CCn2nc(-c3ccnc(C(F)(F)F)c3)cc21)c1ccnc(OC(F)F)c1. The number of alkyl halides is 5. The molecule has 0 saturated carbocycles. The molecule has 1 aliphatic rings. The standard InChI is InChI=1S/C19H14F5N5O2/c20-18(21)31-16-8-11(2-5-26-16)17(30)27-12-3-6-29-14(12)9-13(28-29)10-1-4-25-15(7-10)19(22,23)24/h1-2,4-5,7-9,12,18H,3,6H2,(H,27,30)/t12-/m0/s1. The van der Waals surface area contributed by atoms with Crippen LogP contribution in [-0.4, -0.2) is 32.3 Å². The molecule has 0 fully saturated rings. The van der Waals surface area contributed by atoms with E-state index in [2.05, 4.69) is 25.1 Å². The van der Waals surface area contributed by atoms with Crippen molar-refractivity contribution in [2.75, 3.05) is 0 Å². The molecule has 4 heterocycles. The fraction of sp³-hybridized carbons (Fsp3) is 0.263. The van der Waals surface area contributed by atoms with Crippen LogP contribution in [0.2, 0.25) is 0 Å². The summed E-state index contributed by atoms with van der Waals surface area (Å²) in [5.74, 6) is -0.925. The van der Waals surface area contributed by atoms with Gasteiger partial charge in [-0.05, 0) is 30.7 Å². The minimum atomic E-state index is -4.58. The van der Waals surface area contributed by atoms with Gasteiger partial charge in [-0.2, -0.15) is 27.1 Å². The van der Waals surface area contributed by atoms with Crippen LogP contribution in [0.4, 0.5) is 22.0 Å². The summed E-state index contributed by atoms with van der Waals surface area (Å²) in [6.07, 6.45) is -1.83. The van der Waals surface area contributed by atoms with Crippen LogP contribution in [-0.2, 0) is 12.7 Å². The number of nitrogens with one attached hydrogen (secondary N) is 1. The van der Waals surface area contributed by atoms with E-state index < -0.39 is 30.4 Å². The third-order valence-corrected chi connectivity index (χ3v) is 4.66. The summed E-state index contributed by atoms with van der Waals surface area (Å²) in [5.41, 5.74) is 0.234. The number of halogens is 5. The molecule has 7 nitrogen and oxygen atoms in total. The first-order valence-corrected chi connectivity index (χ1v) is 9.04. The molecule has 0 radical (unpaired) electrons. The first kappa shape index (κ1) is 20.7. The number of nitrogens with zero attached hydrogens (tertiary/aromatic N) is 4. The minimum absolute atomic E-state index is 0.0767. The summed E-state index contributed by atoms with van der Waals surface area (Å²) < 4.78 is 69.2. The van der Waals surface area contributed by atoms with E-state index in [1.807, 2.05) is 0 Å². The molecule has 0 saturated heterocycles. The molecule has 0 aliphatic carbocycles. The number of amides is 1. The van der Waals surface area contributed by atoms with Crippen LogP contribution in [0, 0.1) is 0 Å². The van der Waals surface area contributed by atoms with E-state index in [-0.39, 0.29) is 17.0 Å². The van der Waals surface area contributed by atoms with Crippen molar-refractivity contribution in [3.63, 3.8) is 0 Å². The van der Waals surface area contributed by atoms with Crippen molar-refractivity contribution < 1.29 is 31.5 Å². The largest absolute Gasteiger partial charge is 0.433 e. The van der Waals surface area contributed by atoms with Gasteiger partial charge in [0, 0.05) is 36.1 Å². The molecule has 31 heavy (non-hydrogen) atoms. The lowest BCUT2D eigenvalue weighted by atomic mass is 10.1. The van der Waals surface area contributed by atoms with Gasteiger partial charge in [-0.3, -0.25) is 14.5 Å². The van der Waals surface area contributed by atoms with Crippen LogP contribution in [0.25, 0.3) is 11.3 Å². The third kappa shape index (κ3) is 4.47. The normalized spacial score (nSPS) is 15.7. The summed E-state index contributed by atoms with van der Waals surface area (Å²) in [5, 5.41) is 7.09. The number of carbonyl (C=O) groups is 1. The van der Waals surface area contributed by atoms with Gasteiger partial charge in [-0.1, -0.05) is 0 Å². The predicted molar refractivity (Wildman–Crippen MR) is 96.2 cm³/mol. The van der Waals surface area contributed by atoms with E-state index in [1.54, 1.807) is 10.7 Å². The van der Waals surface area contributed by atoms with Crippen molar-refractivity contribution in [2.45, 2.75) is 31.8 Å². The molecule has 1 atom stereocenters. The quantitative estimate of drug-likeness (QED) is 0.611. The summed E-state index contributed by atoms with van der Waals surface area (Å²) in [6, 6.07) is 5.92. The van der Waals surface area contributed by atoms with Crippen molar-refractivity contribution in [2.24, 2.45) is 0 Å². The Morgan fingerprint density at radius 3 is 2.68 bits per heavy atom. The molecular weight excluding hydrogens is 425 g/mol. The molecular formula is C19H14F5N5O2. The van der Waals surface area contributed by atoms with Crippen molar-refractivity contribution >= 4 is 5.91 Å². The van der Waals surface area contributed by atoms with E-state index in [1.165, 1.54) is 18.3 Å². The van der Waals surface area contributed by atoms with Gasteiger partial charge in [0.25, 0.3) is 5.91 Å². The van der Waals surface area contributed by atoms with E-state index in [9.17, 15) is 26.7 Å². The lowest BCUT2D eigenvalue weighted by Crippen LogP contribution is -2.27. The Morgan fingerprint density at radius 2 is 1.94 bits per heavy atom. The van der Waals surface area contributed by atoms with Gasteiger partial charge in [0.1, 0.15) is 5.69 Å². The molecule has 162 valence electrons. The molecule has 12 heteroatoms. The predicted octanol–water partition coefficient (Wildman–Crippen LogP) is 3.84. The highest BCUT2D eigenvalue weighted by Crippen LogP contribution is 2.33. The van der Waals surface area contributed by atoms with Crippen molar-refractivity contribution in [1.29, 1.82) is 0 Å². The van der Waals surface area contributed by atoms with Crippen molar-refractivity contribution in [3.05, 3.63) is 59.7 Å². The fourth-order valence-electron chi connectivity index (χ4n) is 3.27. The highest BCUT2D eigenvalue weighted by atomic mass is 19.4. The first-order valence-electron chi connectivity index (χ1n) is 9.04. The molecule has 4 rings (SSSR count). The van der Waals surface area contributed by atoms with Crippen LogP contribution >= 0.6 is 0 Å².